The summed E-state index contributed by atoms with van der Waals surface area (Å²) in [5, 5.41) is 10.2. The highest BCUT2D eigenvalue weighted by Gasteiger charge is 2.56. The van der Waals surface area contributed by atoms with Gasteiger partial charge >= 0.3 is 0 Å². The van der Waals surface area contributed by atoms with E-state index in [-0.39, 0.29) is 35.6 Å². The molecule has 0 bridgehead atoms. The summed E-state index contributed by atoms with van der Waals surface area (Å²) in [6.07, 6.45) is 4.57. The number of nitrogens with zero attached hydrogens (tertiary/aromatic N) is 1. The van der Waals surface area contributed by atoms with Gasteiger partial charge in [0, 0.05) is 46.9 Å². The maximum Gasteiger partial charge on any atom is 0.233 e. The normalized spacial score (nSPS) is 27.4. The monoisotopic (exact) mass is 491 g/mol. The Bertz CT molecular complexity index is 1280. The molecule has 0 aromatic heterocycles. The Morgan fingerprint density at radius 3 is 2.31 bits per heavy atom. The highest BCUT2D eigenvalue weighted by molar-refractivity contribution is 6.23. The number of benzene rings is 1. The van der Waals surface area contributed by atoms with Gasteiger partial charge < -0.3 is 14.6 Å². The van der Waals surface area contributed by atoms with E-state index in [1.54, 1.807) is 6.92 Å². The molecule has 5 rings (SSSR count). The molecule has 8 heteroatoms. The molecule has 1 heterocycles. The summed E-state index contributed by atoms with van der Waals surface area (Å²) in [5.74, 6) is -2.54. The topological polar surface area (TPSA) is 110 Å². The first-order valence-electron chi connectivity index (χ1n) is 12.2. The molecule has 2 amide bonds. The standard InChI is InChI=1S/C28H29NO7/c1-5-8-29-27(33)16-7-6-15-17(22(16)28(29)34)12-18-23(19(31)9-13(2)26(18)32)24(15)25-20(35-3)10-14(30)11-21(25)36-4/h6,9-11,16-17,22,24,30H,5,7-8,12H2,1-4H3. The Morgan fingerprint density at radius 2 is 1.69 bits per heavy atom. The number of aromatic hydroxyl groups is 1. The Labute approximate surface area is 209 Å². The van der Waals surface area contributed by atoms with Crippen molar-refractivity contribution in [1.82, 2.24) is 4.90 Å². The number of fused-ring (bicyclic) bond motifs is 3. The summed E-state index contributed by atoms with van der Waals surface area (Å²) in [6, 6.07) is 2.88. The van der Waals surface area contributed by atoms with Gasteiger partial charge in [0.25, 0.3) is 0 Å². The highest BCUT2D eigenvalue weighted by atomic mass is 16.5. The number of amides is 2. The molecule has 0 radical (unpaired) electrons. The van der Waals surface area contributed by atoms with Gasteiger partial charge in [0.1, 0.15) is 17.2 Å². The minimum Gasteiger partial charge on any atom is -0.508 e. The number of methoxy groups -OCH3 is 2. The number of allylic oxidation sites excluding steroid dienone is 6. The van der Waals surface area contributed by atoms with Gasteiger partial charge in [0.05, 0.1) is 26.1 Å². The summed E-state index contributed by atoms with van der Waals surface area (Å²) < 4.78 is 11.2. The Balaban J connectivity index is 1.75. The Kier molecular flexibility index (Phi) is 5.85. The lowest BCUT2D eigenvalue weighted by Crippen LogP contribution is -2.40. The van der Waals surface area contributed by atoms with Crippen LogP contribution in [0.15, 0.2) is 46.6 Å². The van der Waals surface area contributed by atoms with Crippen molar-refractivity contribution in [3.63, 3.8) is 0 Å². The molecule has 0 saturated carbocycles. The number of Topliss-reactive ketones (excluding diaryl/α,β-unsaturated/α-hetero) is 1. The molecule has 1 aromatic carbocycles. The van der Waals surface area contributed by atoms with Crippen molar-refractivity contribution in [2.45, 2.75) is 39.0 Å². The molecule has 0 spiro atoms. The van der Waals surface area contributed by atoms with Crippen molar-refractivity contribution >= 4 is 23.4 Å². The average Bonchev–Trinajstić information content (AvgIpc) is 3.10. The summed E-state index contributed by atoms with van der Waals surface area (Å²) >= 11 is 0. The van der Waals surface area contributed by atoms with E-state index in [0.29, 0.717) is 53.2 Å². The largest absolute Gasteiger partial charge is 0.508 e. The lowest BCUT2D eigenvalue weighted by Gasteiger charge is -2.42. The zero-order valence-electron chi connectivity index (χ0n) is 20.8. The maximum absolute atomic E-state index is 13.5. The molecule has 36 heavy (non-hydrogen) atoms. The van der Waals surface area contributed by atoms with Gasteiger partial charge in [-0.3, -0.25) is 24.1 Å². The van der Waals surface area contributed by atoms with E-state index in [2.05, 4.69) is 0 Å². The molecule has 1 aromatic rings. The third-order valence-corrected chi connectivity index (χ3v) is 7.92. The van der Waals surface area contributed by atoms with Gasteiger partial charge in [0.2, 0.25) is 11.8 Å². The number of phenols is 1. The van der Waals surface area contributed by atoms with Crippen molar-refractivity contribution in [2.24, 2.45) is 17.8 Å². The first-order valence-corrected chi connectivity index (χ1v) is 12.2. The Morgan fingerprint density at radius 1 is 1.03 bits per heavy atom. The average molecular weight is 492 g/mol. The molecule has 3 aliphatic carbocycles. The third kappa shape index (κ3) is 3.34. The van der Waals surface area contributed by atoms with E-state index in [0.717, 1.165) is 5.57 Å². The summed E-state index contributed by atoms with van der Waals surface area (Å²) in [4.78, 5) is 54.8. The van der Waals surface area contributed by atoms with E-state index < -0.39 is 23.7 Å². The van der Waals surface area contributed by atoms with Gasteiger partial charge in [0.15, 0.2) is 11.6 Å². The van der Waals surface area contributed by atoms with Crippen LogP contribution in [0.3, 0.4) is 0 Å². The SMILES string of the molecule is CCCN1C(=O)C2CC=C3C(c4c(OC)cc(O)cc4OC)C4=C(CC3C2C1=O)C(=O)C(C)=CC4=O. The van der Waals surface area contributed by atoms with Gasteiger partial charge in [-0.1, -0.05) is 18.6 Å². The number of rotatable bonds is 5. The zero-order chi connectivity index (χ0) is 25.9. The van der Waals surface area contributed by atoms with E-state index >= 15 is 0 Å². The fraction of sp³-hybridized carbons (Fsp3) is 0.429. The number of imide groups is 1. The van der Waals surface area contributed by atoms with Crippen molar-refractivity contribution < 1.29 is 33.8 Å². The van der Waals surface area contributed by atoms with Crippen molar-refractivity contribution in [3.8, 4) is 17.2 Å². The zero-order valence-corrected chi connectivity index (χ0v) is 20.8. The molecule has 4 aliphatic rings. The summed E-state index contributed by atoms with van der Waals surface area (Å²) in [6.45, 7) is 3.90. The van der Waals surface area contributed by atoms with Crippen LogP contribution in [0.4, 0.5) is 0 Å². The minimum atomic E-state index is -0.714. The number of carbonyl (C=O) groups excluding carboxylic acids is 4. The van der Waals surface area contributed by atoms with Crippen LogP contribution >= 0.6 is 0 Å². The smallest absolute Gasteiger partial charge is 0.233 e. The van der Waals surface area contributed by atoms with E-state index in [4.69, 9.17) is 9.47 Å². The fourth-order valence-corrected chi connectivity index (χ4v) is 6.43. The second-order valence-electron chi connectivity index (χ2n) is 9.82. The highest BCUT2D eigenvalue weighted by Crippen LogP contribution is 2.57. The minimum absolute atomic E-state index is 0.0692. The third-order valence-electron chi connectivity index (χ3n) is 7.92. The number of likely N-dealkylation sites (tertiary alicyclic amines) is 1. The second kappa shape index (κ2) is 8.76. The Hall–Kier alpha value is -3.68. The molecular formula is C28H29NO7. The van der Waals surface area contributed by atoms with Crippen LogP contribution in [0.1, 0.15) is 44.6 Å². The molecule has 8 nitrogen and oxygen atoms in total. The number of ketones is 2. The molecule has 1 N–H and O–H groups in total. The fourth-order valence-electron chi connectivity index (χ4n) is 6.43. The van der Waals surface area contributed by atoms with E-state index in [1.807, 2.05) is 13.0 Å². The van der Waals surface area contributed by atoms with Crippen LogP contribution in [-0.2, 0) is 19.2 Å². The lowest BCUT2D eigenvalue weighted by atomic mass is 9.59. The molecular weight excluding hydrogens is 462 g/mol. The van der Waals surface area contributed by atoms with Crippen LogP contribution < -0.4 is 9.47 Å². The van der Waals surface area contributed by atoms with Gasteiger partial charge in [-0.2, -0.15) is 0 Å². The van der Waals surface area contributed by atoms with Crippen LogP contribution in [0, 0.1) is 17.8 Å². The summed E-state index contributed by atoms with van der Waals surface area (Å²) in [5.41, 5.74) is 2.39. The first kappa shape index (κ1) is 24.0. The van der Waals surface area contributed by atoms with Crippen molar-refractivity contribution in [1.29, 1.82) is 0 Å². The molecule has 188 valence electrons. The first-order chi connectivity index (χ1) is 17.2. The summed E-state index contributed by atoms with van der Waals surface area (Å²) in [7, 11) is 2.91. The van der Waals surface area contributed by atoms with Gasteiger partial charge in [-0.05, 0) is 38.2 Å². The number of phenolic OH excluding ortho intramolecular Hbond substituents is 1. The number of ether oxygens (including phenoxy) is 2. The number of hydrogen-bond donors (Lipinski definition) is 1. The quantitative estimate of drug-likeness (QED) is 0.382. The molecule has 1 saturated heterocycles. The van der Waals surface area contributed by atoms with Crippen LogP contribution in [0.2, 0.25) is 0 Å². The van der Waals surface area contributed by atoms with Crippen molar-refractivity contribution in [2.75, 3.05) is 20.8 Å². The van der Waals surface area contributed by atoms with Crippen LogP contribution in [0.5, 0.6) is 17.2 Å². The predicted molar refractivity (Wildman–Crippen MR) is 130 cm³/mol. The molecule has 4 atom stereocenters. The van der Waals surface area contributed by atoms with Gasteiger partial charge in [-0.25, -0.2) is 0 Å². The molecule has 1 aliphatic heterocycles. The van der Waals surface area contributed by atoms with E-state index in [1.165, 1.54) is 37.3 Å². The van der Waals surface area contributed by atoms with Gasteiger partial charge in [-0.15, -0.1) is 0 Å². The van der Waals surface area contributed by atoms with Crippen LogP contribution in [-0.4, -0.2) is 54.2 Å². The molecule has 4 unspecified atom stereocenters. The lowest BCUT2D eigenvalue weighted by molar-refractivity contribution is -0.140. The van der Waals surface area contributed by atoms with Crippen molar-refractivity contribution in [3.05, 3.63) is 52.1 Å². The maximum atomic E-state index is 13.5. The van der Waals surface area contributed by atoms with E-state index in [9.17, 15) is 24.3 Å². The number of hydrogen-bond acceptors (Lipinski definition) is 7. The van der Waals surface area contributed by atoms with Crippen LogP contribution in [0.25, 0.3) is 0 Å². The second-order valence-corrected chi connectivity index (χ2v) is 9.82. The molecule has 1 fully saturated rings. The predicted octanol–water partition coefficient (Wildman–Crippen LogP) is 3.25. The number of carbonyl (C=O) groups is 4.